The Morgan fingerprint density at radius 1 is 1.64 bits per heavy atom. The van der Waals surface area contributed by atoms with Crippen LogP contribution in [0.3, 0.4) is 0 Å². The minimum Gasteiger partial charge on any atom is -0.358 e. The first-order valence-electron chi connectivity index (χ1n) is 3.34. The highest BCUT2D eigenvalue weighted by Crippen LogP contribution is 1.95. The Morgan fingerprint density at radius 3 is 3.18 bits per heavy atom. The maximum atomic E-state index is 3.82. The SMILES string of the molecule is CC#CCNc1cccnn1. The lowest BCUT2D eigenvalue weighted by Gasteiger charge is -1.96. The van der Waals surface area contributed by atoms with Crippen molar-refractivity contribution >= 4 is 5.82 Å². The average molecular weight is 147 g/mol. The Balaban J connectivity index is 2.43. The summed E-state index contributed by atoms with van der Waals surface area (Å²) in [4.78, 5) is 0. The number of aromatic nitrogens is 2. The van der Waals surface area contributed by atoms with Gasteiger partial charge in [0.25, 0.3) is 0 Å². The van der Waals surface area contributed by atoms with Crippen molar-refractivity contribution in [3.05, 3.63) is 18.3 Å². The molecule has 56 valence electrons. The molecule has 0 spiro atoms. The van der Waals surface area contributed by atoms with E-state index < -0.39 is 0 Å². The van der Waals surface area contributed by atoms with Crippen molar-refractivity contribution in [3.63, 3.8) is 0 Å². The van der Waals surface area contributed by atoms with Crippen molar-refractivity contribution in [2.45, 2.75) is 6.92 Å². The van der Waals surface area contributed by atoms with E-state index in [9.17, 15) is 0 Å². The van der Waals surface area contributed by atoms with E-state index in [-0.39, 0.29) is 0 Å². The fourth-order valence-electron chi connectivity index (χ4n) is 0.619. The normalized spacial score (nSPS) is 8.09. The predicted octanol–water partition coefficient (Wildman–Crippen LogP) is 0.912. The zero-order valence-corrected chi connectivity index (χ0v) is 6.33. The molecular formula is C8H9N3. The highest BCUT2D eigenvalue weighted by Gasteiger charge is 1.86. The van der Waals surface area contributed by atoms with Gasteiger partial charge >= 0.3 is 0 Å². The van der Waals surface area contributed by atoms with Crippen molar-refractivity contribution < 1.29 is 0 Å². The molecule has 0 aliphatic heterocycles. The number of hydrogen-bond donors (Lipinski definition) is 1. The summed E-state index contributed by atoms with van der Waals surface area (Å²) in [6.45, 7) is 2.42. The zero-order valence-electron chi connectivity index (χ0n) is 6.33. The van der Waals surface area contributed by atoms with Crippen molar-refractivity contribution in [3.8, 4) is 11.8 Å². The van der Waals surface area contributed by atoms with Gasteiger partial charge in [0.15, 0.2) is 0 Å². The minimum atomic E-state index is 0.620. The molecule has 0 radical (unpaired) electrons. The highest BCUT2D eigenvalue weighted by atomic mass is 15.2. The number of anilines is 1. The van der Waals surface area contributed by atoms with E-state index in [1.165, 1.54) is 0 Å². The summed E-state index contributed by atoms with van der Waals surface area (Å²) in [6, 6.07) is 3.68. The molecule has 0 unspecified atom stereocenters. The molecule has 0 aliphatic carbocycles. The van der Waals surface area contributed by atoms with E-state index in [0.29, 0.717) is 6.54 Å². The summed E-state index contributed by atoms with van der Waals surface area (Å²) >= 11 is 0. The predicted molar refractivity (Wildman–Crippen MR) is 44.0 cm³/mol. The Kier molecular flexibility index (Phi) is 2.94. The molecule has 1 N–H and O–H groups in total. The average Bonchev–Trinajstić information content (AvgIpc) is 2.07. The number of nitrogens with zero attached hydrogens (tertiary/aromatic N) is 2. The first kappa shape index (κ1) is 7.55. The Hall–Kier alpha value is -1.56. The Labute approximate surface area is 65.8 Å². The van der Waals surface area contributed by atoms with Gasteiger partial charge in [0, 0.05) is 6.20 Å². The van der Waals surface area contributed by atoms with Crippen LogP contribution in [-0.2, 0) is 0 Å². The zero-order chi connectivity index (χ0) is 7.94. The quantitative estimate of drug-likeness (QED) is 0.632. The summed E-state index contributed by atoms with van der Waals surface area (Å²) in [5.41, 5.74) is 0. The van der Waals surface area contributed by atoms with Gasteiger partial charge in [-0.3, -0.25) is 0 Å². The van der Waals surface area contributed by atoms with Gasteiger partial charge < -0.3 is 5.32 Å². The Bertz CT molecular complexity index is 258. The molecule has 1 aromatic heterocycles. The Morgan fingerprint density at radius 2 is 2.55 bits per heavy atom. The van der Waals surface area contributed by atoms with Gasteiger partial charge in [-0.2, -0.15) is 5.10 Å². The first-order valence-corrected chi connectivity index (χ1v) is 3.34. The van der Waals surface area contributed by atoms with Crippen LogP contribution in [0, 0.1) is 11.8 Å². The molecule has 0 aliphatic rings. The topological polar surface area (TPSA) is 37.8 Å². The summed E-state index contributed by atoms with van der Waals surface area (Å²) in [7, 11) is 0. The van der Waals surface area contributed by atoms with Crippen LogP contribution in [0.5, 0.6) is 0 Å². The first-order chi connectivity index (χ1) is 5.43. The summed E-state index contributed by atoms with van der Waals surface area (Å²) < 4.78 is 0. The third kappa shape index (κ3) is 2.67. The van der Waals surface area contributed by atoms with Gasteiger partial charge in [0.1, 0.15) is 5.82 Å². The van der Waals surface area contributed by atoms with Crippen LogP contribution in [0.25, 0.3) is 0 Å². The standard InChI is InChI=1S/C8H9N3/c1-2-3-6-9-8-5-4-7-10-11-8/h4-5,7H,6H2,1H3,(H,9,11). The summed E-state index contributed by atoms with van der Waals surface area (Å²) in [6.07, 6.45) is 1.64. The maximum Gasteiger partial charge on any atom is 0.149 e. The van der Waals surface area contributed by atoms with E-state index in [1.807, 2.05) is 12.1 Å². The smallest absolute Gasteiger partial charge is 0.149 e. The van der Waals surface area contributed by atoms with Crippen molar-refractivity contribution in [2.75, 3.05) is 11.9 Å². The molecule has 0 bridgehead atoms. The van der Waals surface area contributed by atoms with Gasteiger partial charge in [-0.05, 0) is 19.1 Å². The van der Waals surface area contributed by atoms with Crippen molar-refractivity contribution in [2.24, 2.45) is 0 Å². The maximum absolute atomic E-state index is 3.82. The third-order valence-electron chi connectivity index (χ3n) is 1.11. The van der Waals surface area contributed by atoms with E-state index in [0.717, 1.165) is 5.82 Å². The molecule has 0 fully saturated rings. The number of nitrogens with one attached hydrogen (secondary N) is 1. The largest absolute Gasteiger partial charge is 0.358 e. The van der Waals surface area contributed by atoms with Gasteiger partial charge in [0.2, 0.25) is 0 Å². The van der Waals surface area contributed by atoms with E-state index in [1.54, 1.807) is 13.1 Å². The number of hydrogen-bond acceptors (Lipinski definition) is 3. The molecule has 0 saturated heterocycles. The molecular weight excluding hydrogens is 138 g/mol. The molecule has 1 heterocycles. The lowest BCUT2D eigenvalue weighted by molar-refractivity contribution is 1.02. The molecule has 0 atom stereocenters. The molecule has 0 aromatic carbocycles. The third-order valence-corrected chi connectivity index (χ3v) is 1.11. The number of rotatable bonds is 2. The van der Waals surface area contributed by atoms with Crippen molar-refractivity contribution in [1.82, 2.24) is 10.2 Å². The van der Waals surface area contributed by atoms with Gasteiger partial charge in [-0.25, -0.2) is 0 Å². The van der Waals surface area contributed by atoms with Gasteiger partial charge in [0.05, 0.1) is 6.54 Å². The molecule has 0 saturated carbocycles. The lowest BCUT2D eigenvalue weighted by Crippen LogP contribution is -2.00. The highest BCUT2D eigenvalue weighted by molar-refractivity contribution is 5.33. The second kappa shape index (κ2) is 4.29. The molecule has 11 heavy (non-hydrogen) atoms. The van der Waals surface area contributed by atoms with Crippen LogP contribution >= 0.6 is 0 Å². The summed E-state index contributed by atoms with van der Waals surface area (Å²) in [5.74, 6) is 6.40. The van der Waals surface area contributed by atoms with Crippen LogP contribution in [0.4, 0.5) is 5.82 Å². The van der Waals surface area contributed by atoms with Gasteiger partial charge in [-0.1, -0.05) is 5.92 Å². The lowest BCUT2D eigenvalue weighted by atomic mass is 10.5. The van der Waals surface area contributed by atoms with Crippen molar-refractivity contribution in [1.29, 1.82) is 0 Å². The minimum absolute atomic E-state index is 0.620. The fourth-order valence-corrected chi connectivity index (χ4v) is 0.619. The van der Waals surface area contributed by atoms with Crippen LogP contribution in [-0.4, -0.2) is 16.7 Å². The molecule has 3 nitrogen and oxygen atoms in total. The van der Waals surface area contributed by atoms with E-state index >= 15 is 0 Å². The van der Waals surface area contributed by atoms with Crippen LogP contribution in [0.1, 0.15) is 6.92 Å². The van der Waals surface area contributed by atoms with E-state index in [2.05, 4.69) is 27.4 Å². The van der Waals surface area contributed by atoms with Crippen LogP contribution < -0.4 is 5.32 Å². The van der Waals surface area contributed by atoms with Crippen LogP contribution in [0.15, 0.2) is 18.3 Å². The monoisotopic (exact) mass is 147 g/mol. The molecule has 1 rings (SSSR count). The fraction of sp³-hybridized carbons (Fsp3) is 0.250. The van der Waals surface area contributed by atoms with E-state index in [4.69, 9.17) is 0 Å². The molecule has 3 heteroatoms. The van der Waals surface area contributed by atoms with Crippen LogP contribution in [0.2, 0.25) is 0 Å². The molecule has 1 aromatic rings. The second-order valence-corrected chi connectivity index (χ2v) is 1.89. The van der Waals surface area contributed by atoms with Gasteiger partial charge in [-0.15, -0.1) is 11.0 Å². The summed E-state index contributed by atoms with van der Waals surface area (Å²) in [5, 5.41) is 10.5. The second-order valence-electron chi connectivity index (χ2n) is 1.89. The molecule has 0 amide bonds.